The van der Waals surface area contributed by atoms with Gasteiger partial charge in [0.1, 0.15) is 11.3 Å². The predicted octanol–water partition coefficient (Wildman–Crippen LogP) is 9.11. The molecule has 2 nitrogen and oxygen atoms in total. The molecular weight excluding hydrogens is 470 g/mol. The largest absolute Gasteiger partial charge is 0.493 e. The van der Waals surface area contributed by atoms with Gasteiger partial charge in [0, 0.05) is 12.0 Å². The van der Waals surface area contributed by atoms with Crippen molar-refractivity contribution in [2.75, 3.05) is 6.61 Å². The smallest absolute Gasteiger partial charge is 0.420 e. The SMILES string of the molecule is CCCC1CCC(C2CCC(CC(=O)c3ccc(OCC)c(C(F)(F)F)c3C(F)(F)F)CC2)CC1. The van der Waals surface area contributed by atoms with Crippen molar-refractivity contribution in [1.29, 1.82) is 0 Å². The molecule has 0 aromatic heterocycles. The third-order valence-corrected chi connectivity index (χ3v) is 7.95. The molecule has 0 heterocycles. The summed E-state index contributed by atoms with van der Waals surface area (Å²) in [7, 11) is 0. The van der Waals surface area contributed by atoms with Crippen molar-refractivity contribution in [2.24, 2.45) is 23.7 Å². The van der Waals surface area contributed by atoms with Gasteiger partial charge in [-0.15, -0.1) is 0 Å². The molecule has 0 amide bonds. The summed E-state index contributed by atoms with van der Waals surface area (Å²) in [5.74, 6) is 0.197. The monoisotopic (exact) mass is 506 g/mol. The van der Waals surface area contributed by atoms with Crippen LogP contribution in [-0.2, 0) is 12.4 Å². The van der Waals surface area contributed by atoms with Crippen molar-refractivity contribution in [3.63, 3.8) is 0 Å². The van der Waals surface area contributed by atoms with Crippen LogP contribution in [0.25, 0.3) is 0 Å². The predicted molar refractivity (Wildman–Crippen MR) is 122 cm³/mol. The molecule has 0 N–H and O–H groups in total. The molecule has 0 bridgehead atoms. The van der Waals surface area contributed by atoms with E-state index in [9.17, 15) is 31.1 Å². The molecule has 3 rings (SSSR count). The summed E-state index contributed by atoms with van der Waals surface area (Å²) in [5, 5.41) is 0. The fourth-order valence-electron chi connectivity index (χ4n) is 6.26. The second kappa shape index (κ2) is 11.5. The molecule has 0 unspecified atom stereocenters. The molecule has 2 saturated carbocycles. The average Bonchev–Trinajstić information content (AvgIpc) is 2.79. The summed E-state index contributed by atoms with van der Waals surface area (Å²) < 4.78 is 87.3. The molecule has 198 valence electrons. The average molecular weight is 507 g/mol. The summed E-state index contributed by atoms with van der Waals surface area (Å²) in [6, 6.07) is 1.67. The van der Waals surface area contributed by atoms with E-state index in [1.165, 1.54) is 45.4 Å². The lowest BCUT2D eigenvalue weighted by atomic mass is 9.68. The van der Waals surface area contributed by atoms with Gasteiger partial charge < -0.3 is 4.74 Å². The van der Waals surface area contributed by atoms with Crippen LogP contribution < -0.4 is 4.74 Å². The van der Waals surface area contributed by atoms with Crippen LogP contribution >= 0.6 is 0 Å². The van der Waals surface area contributed by atoms with Crippen molar-refractivity contribution < 1.29 is 35.9 Å². The third kappa shape index (κ3) is 6.94. The lowest BCUT2D eigenvalue weighted by Crippen LogP contribution is -2.27. The van der Waals surface area contributed by atoms with Crippen molar-refractivity contribution in [1.82, 2.24) is 0 Å². The lowest BCUT2D eigenvalue weighted by Gasteiger charge is -2.38. The molecule has 8 heteroatoms. The number of hydrogen-bond donors (Lipinski definition) is 0. The Bertz CT molecular complexity index is 844. The van der Waals surface area contributed by atoms with E-state index in [0.29, 0.717) is 11.8 Å². The summed E-state index contributed by atoms with van der Waals surface area (Å²) in [4.78, 5) is 12.9. The maximum Gasteiger partial charge on any atom is 0.420 e. The molecule has 2 aliphatic rings. The Morgan fingerprint density at radius 3 is 1.77 bits per heavy atom. The van der Waals surface area contributed by atoms with Gasteiger partial charge >= 0.3 is 12.4 Å². The maximum absolute atomic E-state index is 13.8. The number of benzene rings is 1. The van der Waals surface area contributed by atoms with Gasteiger partial charge in [-0.1, -0.05) is 32.6 Å². The first-order valence-corrected chi connectivity index (χ1v) is 12.9. The number of hydrogen-bond acceptors (Lipinski definition) is 2. The summed E-state index contributed by atoms with van der Waals surface area (Å²) >= 11 is 0. The lowest BCUT2D eigenvalue weighted by molar-refractivity contribution is -0.163. The van der Waals surface area contributed by atoms with Gasteiger partial charge in [0.2, 0.25) is 0 Å². The van der Waals surface area contributed by atoms with Crippen LogP contribution in [0, 0.1) is 23.7 Å². The quantitative estimate of drug-likeness (QED) is 0.260. The molecule has 0 radical (unpaired) electrons. The van der Waals surface area contributed by atoms with Crippen molar-refractivity contribution in [3.8, 4) is 5.75 Å². The zero-order chi connectivity index (χ0) is 25.8. The molecule has 2 aliphatic carbocycles. The minimum Gasteiger partial charge on any atom is -0.493 e. The van der Waals surface area contributed by atoms with E-state index in [0.717, 1.165) is 43.7 Å². The van der Waals surface area contributed by atoms with Crippen LogP contribution in [-0.4, -0.2) is 12.4 Å². The summed E-state index contributed by atoms with van der Waals surface area (Å²) in [5.41, 5.74) is -4.76. The van der Waals surface area contributed by atoms with Gasteiger partial charge in [-0.25, -0.2) is 0 Å². The van der Waals surface area contributed by atoms with Crippen LogP contribution in [0.5, 0.6) is 5.75 Å². The van der Waals surface area contributed by atoms with Crippen molar-refractivity contribution >= 4 is 5.78 Å². The van der Waals surface area contributed by atoms with Crippen LogP contribution in [0.4, 0.5) is 26.3 Å². The number of alkyl halides is 6. The third-order valence-electron chi connectivity index (χ3n) is 7.95. The number of halogens is 6. The van der Waals surface area contributed by atoms with Crippen molar-refractivity contribution in [2.45, 2.75) is 96.8 Å². The van der Waals surface area contributed by atoms with Crippen molar-refractivity contribution in [3.05, 3.63) is 28.8 Å². The van der Waals surface area contributed by atoms with Gasteiger partial charge in [-0.2, -0.15) is 26.3 Å². The highest BCUT2D eigenvalue weighted by atomic mass is 19.4. The van der Waals surface area contributed by atoms with E-state index in [1.54, 1.807) is 0 Å². The number of rotatable bonds is 8. The molecule has 35 heavy (non-hydrogen) atoms. The first-order valence-electron chi connectivity index (χ1n) is 12.9. The molecule has 2 fully saturated rings. The molecule has 0 atom stereocenters. The standard InChI is InChI=1S/C27H36F6O2/c1-3-5-17-6-10-19(11-7-17)20-12-8-18(9-13-20)16-22(34)21-14-15-23(35-4-2)25(27(31,32)33)24(21)26(28,29)30/h14-15,17-20H,3-13,16H2,1-2H3. The molecule has 0 saturated heterocycles. The Kier molecular flexibility index (Phi) is 9.19. The fourth-order valence-corrected chi connectivity index (χ4v) is 6.26. The van der Waals surface area contributed by atoms with Gasteiger partial charge in [-0.05, 0) is 81.3 Å². The zero-order valence-electron chi connectivity index (χ0n) is 20.5. The maximum atomic E-state index is 13.8. The number of carbonyl (C=O) groups is 1. The molecule has 0 spiro atoms. The highest BCUT2D eigenvalue weighted by molar-refractivity contribution is 5.98. The first-order chi connectivity index (χ1) is 16.5. The van der Waals surface area contributed by atoms with Crippen LogP contribution in [0.2, 0.25) is 0 Å². The Balaban J connectivity index is 1.69. The second-order valence-corrected chi connectivity index (χ2v) is 10.3. The summed E-state index contributed by atoms with van der Waals surface area (Å²) in [6.45, 7) is 3.38. The Hall–Kier alpha value is -1.73. The van der Waals surface area contributed by atoms with Crippen LogP contribution in [0.3, 0.4) is 0 Å². The minimum absolute atomic E-state index is 0.0998. The zero-order valence-corrected chi connectivity index (χ0v) is 20.5. The highest BCUT2D eigenvalue weighted by Gasteiger charge is 2.48. The number of ether oxygens (including phenoxy) is 1. The van der Waals surface area contributed by atoms with Gasteiger partial charge in [0.25, 0.3) is 0 Å². The van der Waals surface area contributed by atoms with Gasteiger partial charge in [-0.3, -0.25) is 4.79 Å². The Morgan fingerprint density at radius 1 is 0.800 bits per heavy atom. The second-order valence-electron chi connectivity index (χ2n) is 10.3. The molecule has 1 aromatic carbocycles. The van der Waals surface area contributed by atoms with E-state index < -0.39 is 40.6 Å². The van der Waals surface area contributed by atoms with E-state index >= 15 is 0 Å². The number of carbonyl (C=O) groups excluding carboxylic acids is 1. The molecule has 0 aliphatic heterocycles. The highest BCUT2D eigenvalue weighted by Crippen LogP contribution is 2.48. The van der Waals surface area contributed by atoms with E-state index in [-0.39, 0.29) is 18.9 Å². The molecule has 1 aromatic rings. The topological polar surface area (TPSA) is 26.3 Å². The fraction of sp³-hybridized carbons (Fsp3) is 0.741. The van der Waals surface area contributed by atoms with Gasteiger partial charge in [0.05, 0.1) is 12.2 Å². The Labute approximate surface area is 203 Å². The first kappa shape index (κ1) is 27.9. The molecular formula is C27H36F6O2. The summed E-state index contributed by atoms with van der Waals surface area (Å²) in [6.07, 6.45) is -0.0126. The minimum atomic E-state index is -5.34. The Morgan fingerprint density at radius 2 is 1.31 bits per heavy atom. The number of Topliss-reactive ketones (excluding diaryl/α,β-unsaturated/α-hetero) is 1. The van der Waals surface area contributed by atoms with Crippen LogP contribution in [0.1, 0.15) is 106 Å². The number of ketones is 1. The van der Waals surface area contributed by atoms with Crippen LogP contribution in [0.15, 0.2) is 12.1 Å². The van der Waals surface area contributed by atoms with E-state index in [4.69, 9.17) is 4.74 Å². The van der Waals surface area contributed by atoms with E-state index in [2.05, 4.69) is 6.92 Å². The van der Waals surface area contributed by atoms with E-state index in [1.807, 2.05) is 0 Å². The van der Waals surface area contributed by atoms with Gasteiger partial charge in [0.15, 0.2) is 5.78 Å². The normalized spacial score (nSPS) is 25.9.